The highest BCUT2D eigenvalue weighted by Crippen LogP contribution is 2.61. The van der Waals surface area contributed by atoms with Crippen molar-refractivity contribution in [3.63, 3.8) is 0 Å². The molecule has 1 heterocycles. The minimum absolute atomic E-state index is 0.361. The minimum Gasteiger partial charge on any atom is -0.484 e. The van der Waals surface area contributed by atoms with E-state index in [0.29, 0.717) is 22.9 Å². The highest BCUT2D eigenvalue weighted by atomic mass is 35.5. The maximum absolute atomic E-state index is 14.1. The Hall–Kier alpha value is -1.65. The van der Waals surface area contributed by atoms with Gasteiger partial charge in [0, 0.05) is 16.7 Å². The molecule has 4 rings (SSSR count). The summed E-state index contributed by atoms with van der Waals surface area (Å²) in [4.78, 5) is 0. The molecule has 0 N–H and O–H groups in total. The van der Waals surface area contributed by atoms with Crippen molar-refractivity contribution in [3.05, 3.63) is 64.7 Å². The van der Waals surface area contributed by atoms with Crippen molar-refractivity contribution >= 4 is 11.6 Å². The van der Waals surface area contributed by atoms with Crippen LogP contribution in [0.5, 0.6) is 5.75 Å². The van der Waals surface area contributed by atoms with Crippen LogP contribution in [0.15, 0.2) is 42.5 Å². The molecule has 2 nitrogen and oxygen atoms in total. The van der Waals surface area contributed by atoms with E-state index >= 15 is 0 Å². The van der Waals surface area contributed by atoms with Crippen molar-refractivity contribution in [2.75, 3.05) is 6.61 Å². The second kappa shape index (κ2) is 4.67. The number of benzene rings is 2. The summed E-state index contributed by atoms with van der Waals surface area (Å²) in [6.45, 7) is 0.378. The van der Waals surface area contributed by atoms with Crippen molar-refractivity contribution in [3.8, 4) is 5.75 Å². The summed E-state index contributed by atoms with van der Waals surface area (Å²) >= 11 is 5.87. The lowest BCUT2D eigenvalue weighted by Crippen LogP contribution is -2.36. The van der Waals surface area contributed by atoms with E-state index < -0.39 is 22.8 Å². The van der Waals surface area contributed by atoms with E-state index in [0.717, 1.165) is 18.9 Å². The Morgan fingerprint density at radius 3 is 2.27 bits per heavy atom. The maximum Gasteiger partial charge on any atom is 0.159 e. The Morgan fingerprint density at radius 2 is 1.73 bits per heavy atom. The van der Waals surface area contributed by atoms with E-state index in [4.69, 9.17) is 21.1 Å². The molecule has 2 aromatic rings. The molecule has 1 atom stereocenters. The molecule has 0 spiro atoms. The van der Waals surface area contributed by atoms with Gasteiger partial charge in [0.1, 0.15) is 23.0 Å². The van der Waals surface area contributed by atoms with E-state index in [1.807, 2.05) is 0 Å². The molecule has 114 valence electrons. The van der Waals surface area contributed by atoms with Crippen LogP contribution >= 0.6 is 11.6 Å². The quantitative estimate of drug-likeness (QED) is 0.775. The number of hydrogen-bond acceptors (Lipinski definition) is 2. The number of halogens is 3. The molecule has 1 saturated carbocycles. The summed E-state index contributed by atoms with van der Waals surface area (Å²) in [5.74, 6) is -0.525. The van der Waals surface area contributed by atoms with Crippen LogP contribution in [0.3, 0.4) is 0 Å². The van der Waals surface area contributed by atoms with Gasteiger partial charge in [-0.25, -0.2) is 8.78 Å². The number of epoxide rings is 1. The molecule has 1 saturated heterocycles. The topological polar surface area (TPSA) is 21.8 Å². The third-order valence-electron chi connectivity index (χ3n) is 4.37. The van der Waals surface area contributed by atoms with Gasteiger partial charge >= 0.3 is 0 Å². The van der Waals surface area contributed by atoms with Crippen LogP contribution in [-0.2, 0) is 10.3 Å². The standard InChI is InChI=1S/C17H13ClF2O2/c18-11-1-4-13(5-2-11)22-16(7-8-16)17(10-21-17)14-6-3-12(19)9-15(14)20/h1-6,9H,7-8,10H2. The third kappa shape index (κ3) is 2.09. The summed E-state index contributed by atoms with van der Waals surface area (Å²) in [7, 11) is 0. The van der Waals surface area contributed by atoms with Gasteiger partial charge in [-0.3, -0.25) is 0 Å². The molecule has 1 aliphatic heterocycles. The monoisotopic (exact) mass is 322 g/mol. The van der Waals surface area contributed by atoms with E-state index in [-0.39, 0.29) is 0 Å². The van der Waals surface area contributed by atoms with Crippen molar-refractivity contribution in [1.29, 1.82) is 0 Å². The van der Waals surface area contributed by atoms with Gasteiger partial charge < -0.3 is 9.47 Å². The minimum atomic E-state index is -0.815. The van der Waals surface area contributed by atoms with Crippen LogP contribution in [0.25, 0.3) is 0 Å². The SMILES string of the molecule is Fc1ccc(C2(C3(Oc4ccc(Cl)cc4)CC3)CO2)c(F)c1. The summed E-state index contributed by atoms with van der Waals surface area (Å²) < 4.78 is 39.0. The molecule has 0 aromatic heterocycles. The van der Waals surface area contributed by atoms with Crippen molar-refractivity contribution in [2.45, 2.75) is 24.0 Å². The van der Waals surface area contributed by atoms with Gasteiger partial charge in [-0.1, -0.05) is 17.7 Å². The van der Waals surface area contributed by atoms with Gasteiger partial charge in [0.25, 0.3) is 0 Å². The lowest BCUT2D eigenvalue weighted by atomic mass is 9.91. The second-order valence-electron chi connectivity index (χ2n) is 5.79. The van der Waals surface area contributed by atoms with E-state index in [9.17, 15) is 8.78 Å². The largest absolute Gasteiger partial charge is 0.484 e. The van der Waals surface area contributed by atoms with Gasteiger partial charge in [0.15, 0.2) is 5.60 Å². The molecule has 2 aliphatic rings. The summed E-state index contributed by atoms with van der Waals surface area (Å²) in [6, 6.07) is 10.6. The fraction of sp³-hybridized carbons (Fsp3) is 0.294. The summed E-state index contributed by atoms with van der Waals surface area (Å²) in [6.07, 6.45) is 1.54. The van der Waals surface area contributed by atoms with Gasteiger partial charge in [0.2, 0.25) is 0 Å². The van der Waals surface area contributed by atoms with Crippen LogP contribution in [0, 0.1) is 11.6 Å². The molecular formula is C17H13ClF2O2. The summed E-state index contributed by atoms with van der Waals surface area (Å²) in [5, 5.41) is 0.624. The van der Waals surface area contributed by atoms with Crippen molar-refractivity contribution in [1.82, 2.24) is 0 Å². The van der Waals surface area contributed by atoms with Crippen molar-refractivity contribution < 1.29 is 18.3 Å². The molecular weight excluding hydrogens is 310 g/mol. The molecule has 22 heavy (non-hydrogen) atoms. The lowest BCUT2D eigenvalue weighted by molar-refractivity contribution is 0.0701. The van der Waals surface area contributed by atoms with Gasteiger partial charge in [0.05, 0.1) is 6.61 Å². The second-order valence-corrected chi connectivity index (χ2v) is 6.23. The molecule has 1 aliphatic carbocycles. The predicted molar refractivity (Wildman–Crippen MR) is 78.0 cm³/mol. The Balaban J connectivity index is 1.66. The van der Waals surface area contributed by atoms with E-state index in [1.54, 1.807) is 24.3 Å². The van der Waals surface area contributed by atoms with Crippen LogP contribution < -0.4 is 4.74 Å². The molecule has 2 aromatic carbocycles. The zero-order valence-corrected chi connectivity index (χ0v) is 12.4. The summed E-state index contributed by atoms with van der Waals surface area (Å²) in [5.41, 5.74) is -1.04. The molecule has 0 amide bonds. The normalized spacial score (nSPS) is 24.9. The molecule has 2 fully saturated rings. The number of hydrogen-bond donors (Lipinski definition) is 0. The first kappa shape index (κ1) is 14.0. The van der Waals surface area contributed by atoms with E-state index in [1.165, 1.54) is 12.1 Å². The Kier molecular flexibility index (Phi) is 2.97. The van der Waals surface area contributed by atoms with Gasteiger partial charge in [-0.15, -0.1) is 0 Å². The molecule has 5 heteroatoms. The predicted octanol–water partition coefficient (Wildman–Crippen LogP) is 4.46. The number of rotatable bonds is 4. The van der Waals surface area contributed by atoms with Crippen LogP contribution in [-0.4, -0.2) is 12.2 Å². The first-order valence-electron chi connectivity index (χ1n) is 7.09. The molecule has 0 radical (unpaired) electrons. The Labute approximate surface area is 131 Å². The third-order valence-corrected chi connectivity index (χ3v) is 4.62. The molecule has 0 bridgehead atoms. The zero-order chi connectivity index (χ0) is 15.4. The fourth-order valence-electron chi connectivity index (χ4n) is 2.98. The Bertz CT molecular complexity index is 722. The maximum atomic E-state index is 14.1. The van der Waals surface area contributed by atoms with Crippen molar-refractivity contribution in [2.24, 2.45) is 0 Å². The fourth-order valence-corrected chi connectivity index (χ4v) is 3.11. The number of ether oxygens (including phenoxy) is 2. The first-order chi connectivity index (χ1) is 10.5. The van der Waals surface area contributed by atoms with Gasteiger partial charge in [-0.05, 0) is 43.2 Å². The first-order valence-corrected chi connectivity index (χ1v) is 7.47. The van der Waals surface area contributed by atoms with Gasteiger partial charge in [-0.2, -0.15) is 0 Å². The van der Waals surface area contributed by atoms with Crippen LogP contribution in [0.2, 0.25) is 5.02 Å². The lowest BCUT2D eigenvalue weighted by Gasteiger charge is -2.26. The zero-order valence-electron chi connectivity index (χ0n) is 11.6. The molecule has 1 unspecified atom stereocenters. The Morgan fingerprint density at radius 1 is 1.05 bits per heavy atom. The van der Waals surface area contributed by atoms with E-state index in [2.05, 4.69) is 0 Å². The average molecular weight is 323 g/mol. The average Bonchev–Trinajstić information content (AvgIpc) is 3.36. The van der Waals surface area contributed by atoms with Crippen LogP contribution in [0.1, 0.15) is 18.4 Å². The highest BCUT2D eigenvalue weighted by Gasteiger charge is 2.71. The highest BCUT2D eigenvalue weighted by molar-refractivity contribution is 6.30. The smallest absolute Gasteiger partial charge is 0.159 e. The van der Waals surface area contributed by atoms with Crippen LogP contribution in [0.4, 0.5) is 8.78 Å².